The highest BCUT2D eigenvalue weighted by molar-refractivity contribution is 7.12. The highest BCUT2D eigenvalue weighted by atomic mass is 32.1. The molecule has 0 atom stereocenters. The fourth-order valence-electron chi connectivity index (χ4n) is 1.87. The van der Waals surface area contributed by atoms with Crippen LogP contribution in [0.3, 0.4) is 0 Å². The Hall–Kier alpha value is -2.34. The molecule has 110 valence electrons. The number of amides is 1. The van der Waals surface area contributed by atoms with Crippen LogP contribution in [-0.2, 0) is 0 Å². The molecule has 5 nitrogen and oxygen atoms in total. The number of rotatable bonds is 4. The zero-order valence-electron chi connectivity index (χ0n) is 12.0. The summed E-state index contributed by atoms with van der Waals surface area (Å²) in [6.45, 7) is 1.77. The van der Waals surface area contributed by atoms with Gasteiger partial charge in [0.25, 0.3) is 5.91 Å². The summed E-state index contributed by atoms with van der Waals surface area (Å²) in [5.74, 6) is -1.35. The number of carbonyl (C=O) groups is 2. The first-order valence-corrected chi connectivity index (χ1v) is 7.18. The van der Waals surface area contributed by atoms with Crippen molar-refractivity contribution in [2.24, 2.45) is 0 Å². The fourth-order valence-corrected chi connectivity index (χ4v) is 2.71. The predicted octanol–water partition coefficient (Wildman–Crippen LogP) is 3.07. The molecule has 2 N–H and O–H groups in total. The number of thiophene rings is 1. The average molecular weight is 304 g/mol. The number of nitrogens with zero attached hydrogens (tertiary/aromatic N) is 1. The van der Waals surface area contributed by atoms with Crippen LogP contribution in [0.1, 0.15) is 25.6 Å². The Balaban J connectivity index is 2.28. The quantitative estimate of drug-likeness (QED) is 0.910. The van der Waals surface area contributed by atoms with E-state index in [1.165, 1.54) is 0 Å². The van der Waals surface area contributed by atoms with Gasteiger partial charge in [-0.1, -0.05) is 6.07 Å². The summed E-state index contributed by atoms with van der Waals surface area (Å²) in [6.07, 6.45) is 0. The van der Waals surface area contributed by atoms with Crippen molar-refractivity contribution in [1.82, 2.24) is 0 Å². The van der Waals surface area contributed by atoms with Gasteiger partial charge in [0.1, 0.15) is 4.88 Å². The van der Waals surface area contributed by atoms with Crippen LogP contribution in [0.15, 0.2) is 29.6 Å². The van der Waals surface area contributed by atoms with Crippen LogP contribution in [0.25, 0.3) is 0 Å². The number of hydrogen-bond acceptors (Lipinski definition) is 4. The third-order valence-corrected chi connectivity index (χ3v) is 4.12. The normalized spacial score (nSPS) is 10.2. The van der Waals surface area contributed by atoms with E-state index in [1.54, 1.807) is 30.5 Å². The van der Waals surface area contributed by atoms with Crippen LogP contribution < -0.4 is 10.2 Å². The van der Waals surface area contributed by atoms with Gasteiger partial charge in [0, 0.05) is 25.3 Å². The smallest absolute Gasteiger partial charge is 0.348 e. The van der Waals surface area contributed by atoms with Gasteiger partial charge in [0.2, 0.25) is 0 Å². The van der Waals surface area contributed by atoms with Gasteiger partial charge in [-0.2, -0.15) is 0 Å². The predicted molar refractivity (Wildman–Crippen MR) is 84.7 cm³/mol. The topological polar surface area (TPSA) is 69.6 Å². The zero-order valence-corrected chi connectivity index (χ0v) is 12.8. The molecule has 1 heterocycles. The summed E-state index contributed by atoms with van der Waals surface area (Å²) in [7, 11) is 3.78. The number of hydrogen-bond donors (Lipinski definition) is 2. The molecule has 0 aliphatic carbocycles. The van der Waals surface area contributed by atoms with Crippen molar-refractivity contribution in [3.05, 3.63) is 45.6 Å². The lowest BCUT2D eigenvalue weighted by molar-refractivity contribution is 0.0703. The second kappa shape index (κ2) is 5.97. The van der Waals surface area contributed by atoms with E-state index in [1.807, 2.05) is 25.1 Å². The lowest BCUT2D eigenvalue weighted by atomic mass is 10.1. The Bertz CT molecular complexity index is 692. The standard InChI is InChI=1S/C15H16N2O3S/c1-9-8-21-13(15(19)20)12(9)16-14(18)10-5-4-6-11(7-10)17(2)3/h4-8H,1-3H3,(H,16,18)(H,19,20). The molecule has 1 amide bonds. The first kappa shape index (κ1) is 15.1. The minimum atomic E-state index is -1.04. The summed E-state index contributed by atoms with van der Waals surface area (Å²) in [5, 5.41) is 13.5. The molecule has 0 spiro atoms. The van der Waals surface area contributed by atoms with Crippen LogP contribution in [-0.4, -0.2) is 31.1 Å². The van der Waals surface area contributed by atoms with E-state index in [0.29, 0.717) is 11.3 Å². The van der Waals surface area contributed by atoms with Crippen molar-refractivity contribution in [3.63, 3.8) is 0 Å². The first-order valence-electron chi connectivity index (χ1n) is 6.30. The summed E-state index contributed by atoms with van der Waals surface area (Å²) in [4.78, 5) is 25.5. The lowest BCUT2D eigenvalue weighted by Crippen LogP contribution is -2.15. The second-order valence-electron chi connectivity index (χ2n) is 4.83. The third-order valence-electron chi connectivity index (χ3n) is 3.03. The molecule has 1 aromatic heterocycles. The molecule has 0 saturated carbocycles. The number of aromatic carboxylic acids is 1. The molecule has 6 heteroatoms. The van der Waals surface area contributed by atoms with Crippen molar-refractivity contribution < 1.29 is 14.7 Å². The Morgan fingerprint density at radius 1 is 1.29 bits per heavy atom. The van der Waals surface area contributed by atoms with Gasteiger partial charge in [-0.15, -0.1) is 11.3 Å². The SMILES string of the molecule is Cc1csc(C(=O)O)c1NC(=O)c1cccc(N(C)C)c1. The van der Waals surface area contributed by atoms with Gasteiger partial charge in [-0.3, -0.25) is 4.79 Å². The summed E-state index contributed by atoms with van der Waals surface area (Å²) in [5.41, 5.74) is 2.51. The van der Waals surface area contributed by atoms with Crippen molar-refractivity contribution >= 4 is 34.6 Å². The van der Waals surface area contributed by atoms with E-state index in [-0.39, 0.29) is 10.8 Å². The van der Waals surface area contributed by atoms with Crippen molar-refractivity contribution in [3.8, 4) is 0 Å². The van der Waals surface area contributed by atoms with Crippen molar-refractivity contribution in [2.45, 2.75) is 6.92 Å². The van der Waals surface area contributed by atoms with E-state index < -0.39 is 5.97 Å². The van der Waals surface area contributed by atoms with Crippen LogP contribution in [0.4, 0.5) is 11.4 Å². The molecule has 2 aromatic rings. The molecule has 0 unspecified atom stereocenters. The molecule has 0 saturated heterocycles. The minimum absolute atomic E-state index is 0.143. The number of carboxylic acid groups (broad SMARTS) is 1. The van der Waals surface area contributed by atoms with Crippen LogP contribution in [0.5, 0.6) is 0 Å². The number of benzene rings is 1. The highest BCUT2D eigenvalue weighted by Crippen LogP contribution is 2.28. The molecule has 0 bridgehead atoms. The van der Waals surface area contributed by atoms with Crippen LogP contribution >= 0.6 is 11.3 Å². The first-order chi connectivity index (χ1) is 9.90. The maximum atomic E-state index is 12.3. The highest BCUT2D eigenvalue weighted by Gasteiger charge is 2.18. The van der Waals surface area contributed by atoms with Gasteiger partial charge >= 0.3 is 5.97 Å². The van der Waals surface area contributed by atoms with E-state index >= 15 is 0 Å². The van der Waals surface area contributed by atoms with E-state index in [2.05, 4.69) is 5.32 Å². The summed E-state index contributed by atoms with van der Waals surface area (Å²) >= 11 is 1.11. The van der Waals surface area contributed by atoms with Gasteiger partial charge in [0.05, 0.1) is 5.69 Å². The molecule has 0 radical (unpaired) electrons. The minimum Gasteiger partial charge on any atom is -0.477 e. The number of aryl methyl sites for hydroxylation is 1. The molecule has 21 heavy (non-hydrogen) atoms. The Morgan fingerprint density at radius 3 is 2.62 bits per heavy atom. The van der Waals surface area contributed by atoms with Gasteiger partial charge in [-0.25, -0.2) is 4.79 Å². The van der Waals surface area contributed by atoms with Crippen molar-refractivity contribution in [1.29, 1.82) is 0 Å². The maximum Gasteiger partial charge on any atom is 0.348 e. The Labute approximate surface area is 126 Å². The number of carboxylic acids is 1. The van der Waals surface area contributed by atoms with Crippen LogP contribution in [0.2, 0.25) is 0 Å². The lowest BCUT2D eigenvalue weighted by Gasteiger charge is -2.13. The van der Waals surface area contributed by atoms with Crippen LogP contribution in [0, 0.1) is 6.92 Å². The monoisotopic (exact) mass is 304 g/mol. The third kappa shape index (κ3) is 3.22. The molecule has 2 rings (SSSR count). The largest absolute Gasteiger partial charge is 0.477 e. The molecule has 0 aliphatic rings. The average Bonchev–Trinajstić information content (AvgIpc) is 2.80. The summed E-state index contributed by atoms with van der Waals surface area (Å²) < 4.78 is 0. The molecule has 0 aliphatic heterocycles. The molecule has 0 fully saturated rings. The number of carbonyl (C=O) groups excluding carboxylic acids is 1. The van der Waals surface area contributed by atoms with Gasteiger partial charge in [0.15, 0.2) is 0 Å². The van der Waals surface area contributed by atoms with Crippen molar-refractivity contribution in [2.75, 3.05) is 24.3 Å². The molecule has 1 aromatic carbocycles. The van der Waals surface area contributed by atoms with E-state index in [4.69, 9.17) is 5.11 Å². The number of anilines is 2. The van der Waals surface area contributed by atoms with E-state index in [0.717, 1.165) is 22.6 Å². The van der Waals surface area contributed by atoms with E-state index in [9.17, 15) is 9.59 Å². The molecular weight excluding hydrogens is 288 g/mol. The van der Waals surface area contributed by atoms with Gasteiger partial charge in [-0.05, 0) is 36.1 Å². The van der Waals surface area contributed by atoms with Gasteiger partial charge < -0.3 is 15.3 Å². The Kier molecular flexibility index (Phi) is 4.28. The molecular formula is C15H16N2O3S. The Morgan fingerprint density at radius 2 is 2.00 bits per heavy atom. The second-order valence-corrected chi connectivity index (χ2v) is 5.71. The maximum absolute atomic E-state index is 12.3. The zero-order chi connectivity index (χ0) is 15.6. The fraction of sp³-hybridized carbons (Fsp3) is 0.200. The summed E-state index contributed by atoms with van der Waals surface area (Å²) in [6, 6.07) is 7.15. The number of nitrogens with one attached hydrogen (secondary N) is 1.